The van der Waals surface area contributed by atoms with Crippen molar-refractivity contribution in [1.29, 1.82) is 0 Å². The summed E-state index contributed by atoms with van der Waals surface area (Å²) in [5.74, 6) is 0.578. The molecule has 0 saturated carbocycles. The van der Waals surface area contributed by atoms with E-state index in [2.05, 4.69) is 15.0 Å². The lowest BCUT2D eigenvalue weighted by Crippen LogP contribution is -2.23. The molecule has 7 heteroatoms. The maximum Gasteiger partial charge on any atom is 0.228 e. The summed E-state index contributed by atoms with van der Waals surface area (Å²) in [6.07, 6.45) is 3.63. The van der Waals surface area contributed by atoms with E-state index >= 15 is 0 Å². The predicted molar refractivity (Wildman–Crippen MR) is 91.0 cm³/mol. The number of aromatic nitrogens is 4. The highest BCUT2D eigenvalue weighted by atomic mass is 35.5. The van der Waals surface area contributed by atoms with Crippen LogP contribution in [0.25, 0.3) is 21.9 Å². The maximum atomic E-state index is 6.27. The van der Waals surface area contributed by atoms with Crippen LogP contribution in [-0.4, -0.2) is 31.4 Å². The van der Waals surface area contributed by atoms with Crippen LogP contribution >= 0.6 is 23.4 Å². The molecule has 3 rings (SSSR count). The standard InChI is InChI=1S/C15H17ClN4OS/c1-15(2,3)21-13-9-8-6-7-17-11(16)10(8)20(4)12(9)18-14(19-13)22-5/h6-7H,1-5H3. The average Bonchev–Trinajstić information content (AvgIpc) is 2.72. The minimum atomic E-state index is -0.351. The smallest absolute Gasteiger partial charge is 0.228 e. The lowest BCUT2D eigenvalue weighted by molar-refractivity contribution is 0.125. The molecule has 22 heavy (non-hydrogen) atoms. The van der Waals surface area contributed by atoms with Crippen molar-refractivity contribution < 1.29 is 4.74 Å². The fourth-order valence-electron chi connectivity index (χ4n) is 2.40. The van der Waals surface area contributed by atoms with Gasteiger partial charge in [-0.3, -0.25) is 0 Å². The van der Waals surface area contributed by atoms with Gasteiger partial charge in [0.2, 0.25) is 5.88 Å². The van der Waals surface area contributed by atoms with E-state index in [0.717, 1.165) is 21.9 Å². The number of thioether (sulfide) groups is 1. The van der Waals surface area contributed by atoms with E-state index < -0.39 is 0 Å². The number of pyridine rings is 1. The van der Waals surface area contributed by atoms with Crippen LogP contribution in [0.15, 0.2) is 17.4 Å². The van der Waals surface area contributed by atoms with Crippen LogP contribution in [0.3, 0.4) is 0 Å². The second kappa shape index (κ2) is 5.28. The van der Waals surface area contributed by atoms with Gasteiger partial charge in [-0.05, 0) is 33.1 Å². The highest BCUT2D eigenvalue weighted by Gasteiger charge is 2.22. The van der Waals surface area contributed by atoms with E-state index in [4.69, 9.17) is 16.3 Å². The van der Waals surface area contributed by atoms with Crippen molar-refractivity contribution in [3.8, 4) is 5.88 Å². The van der Waals surface area contributed by atoms with Crippen LogP contribution in [0.1, 0.15) is 20.8 Å². The first-order valence-electron chi connectivity index (χ1n) is 6.85. The number of aryl methyl sites for hydroxylation is 1. The summed E-state index contributed by atoms with van der Waals surface area (Å²) >= 11 is 7.75. The number of halogens is 1. The van der Waals surface area contributed by atoms with E-state index in [1.54, 1.807) is 6.20 Å². The molecule has 0 spiro atoms. The van der Waals surface area contributed by atoms with E-state index in [0.29, 0.717) is 16.2 Å². The minimum Gasteiger partial charge on any atom is -0.471 e. The SMILES string of the molecule is CSc1nc(OC(C)(C)C)c2c3ccnc(Cl)c3n(C)c2n1. The lowest BCUT2D eigenvalue weighted by atomic mass is 10.2. The Morgan fingerprint density at radius 3 is 2.64 bits per heavy atom. The molecule has 5 nitrogen and oxygen atoms in total. The zero-order valence-electron chi connectivity index (χ0n) is 13.1. The van der Waals surface area contributed by atoms with Crippen LogP contribution in [0.2, 0.25) is 5.15 Å². The van der Waals surface area contributed by atoms with Gasteiger partial charge in [0.25, 0.3) is 0 Å². The summed E-state index contributed by atoms with van der Waals surface area (Å²) in [5, 5.41) is 2.94. The summed E-state index contributed by atoms with van der Waals surface area (Å²) in [6, 6.07) is 1.92. The van der Waals surface area contributed by atoms with Gasteiger partial charge in [0.15, 0.2) is 10.3 Å². The molecule has 0 aromatic carbocycles. The minimum absolute atomic E-state index is 0.351. The lowest BCUT2D eigenvalue weighted by Gasteiger charge is -2.21. The second-order valence-corrected chi connectivity index (χ2v) is 7.12. The topological polar surface area (TPSA) is 52.8 Å². The van der Waals surface area contributed by atoms with Crippen LogP contribution in [-0.2, 0) is 7.05 Å². The molecule has 3 aromatic rings. The van der Waals surface area contributed by atoms with Gasteiger partial charge in [-0.2, -0.15) is 4.98 Å². The summed E-state index contributed by atoms with van der Waals surface area (Å²) in [6.45, 7) is 6.00. The molecular weight excluding hydrogens is 320 g/mol. The van der Waals surface area contributed by atoms with Crippen molar-refractivity contribution in [2.75, 3.05) is 6.26 Å². The monoisotopic (exact) mass is 336 g/mol. The molecule has 0 aliphatic carbocycles. The summed E-state index contributed by atoms with van der Waals surface area (Å²) in [7, 11) is 1.93. The Hall–Kier alpha value is -1.53. The number of nitrogens with zero attached hydrogens (tertiary/aromatic N) is 4. The van der Waals surface area contributed by atoms with Crippen LogP contribution < -0.4 is 4.74 Å². The van der Waals surface area contributed by atoms with Gasteiger partial charge < -0.3 is 9.30 Å². The Kier molecular flexibility index (Phi) is 3.69. The number of hydrogen-bond acceptors (Lipinski definition) is 5. The maximum absolute atomic E-state index is 6.27. The molecular formula is C15H17ClN4OS. The zero-order chi connectivity index (χ0) is 16.1. The molecule has 0 bridgehead atoms. The predicted octanol–water partition coefficient (Wildman–Crippen LogP) is 4.07. The van der Waals surface area contributed by atoms with E-state index in [1.165, 1.54) is 11.8 Å². The molecule has 3 aromatic heterocycles. The Labute approximate surface area is 138 Å². The Morgan fingerprint density at radius 1 is 1.27 bits per heavy atom. The van der Waals surface area contributed by atoms with Crippen LogP contribution in [0.4, 0.5) is 0 Å². The molecule has 0 saturated heterocycles. The van der Waals surface area contributed by atoms with Crippen molar-refractivity contribution in [3.63, 3.8) is 0 Å². The molecule has 0 atom stereocenters. The number of hydrogen-bond donors (Lipinski definition) is 0. The second-order valence-electron chi connectivity index (χ2n) is 5.99. The van der Waals surface area contributed by atoms with Gasteiger partial charge in [0.1, 0.15) is 11.2 Å². The van der Waals surface area contributed by atoms with Crippen molar-refractivity contribution >= 4 is 45.3 Å². The number of rotatable bonds is 2. The molecule has 0 aliphatic rings. The molecule has 3 heterocycles. The van der Waals surface area contributed by atoms with Crippen molar-refractivity contribution in [3.05, 3.63) is 17.4 Å². The van der Waals surface area contributed by atoms with Gasteiger partial charge in [0, 0.05) is 18.6 Å². The molecule has 116 valence electrons. The summed E-state index contributed by atoms with van der Waals surface area (Å²) in [4.78, 5) is 13.3. The molecule has 0 radical (unpaired) electrons. The highest BCUT2D eigenvalue weighted by molar-refractivity contribution is 7.98. The third-order valence-corrected chi connectivity index (χ3v) is 4.05. The number of ether oxygens (including phenoxy) is 1. The van der Waals surface area contributed by atoms with Gasteiger partial charge in [0.05, 0.1) is 10.9 Å². The van der Waals surface area contributed by atoms with E-state index in [1.807, 2.05) is 44.7 Å². The molecule has 0 N–H and O–H groups in total. The Bertz CT molecular complexity index is 869. The first-order chi connectivity index (χ1) is 10.3. The van der Waals surface area contributed by atoms with E-state index in [9.17, 15) is 0 Å². The molecule has 0 fully saturated rings. The van der Waals surface area contributed by atoms with Gasteiger partial charge in [-0.1, -0.05) is 23.4 Å². The van der Waals surface area contributed by atoms with Crippen molar-refractivity contribution in [2.24, 2.45) is 7.05 Å². The summed E-state index contributed by atoms with van der Waals surface area (Å²) < 4.78 is 8.02. The van der Waals surface area contributed by atoms with Crippen LogP contribution in [0.5, 0.6) is 5.88 Å². The zero-order valence-corrected chi connectivity index (χ0v) is 14.7. The molecule has 0 aliphatic heterocycles. The van der Waals surface area contributed by atoms with Crippen molar-refractivity contribution in [2.45, 2.75) is 31.5 Å². The van der Waals surface area contributed by atoms with Gasteiger partial charge >= 0.3 is 0 Å². The molecule has 0 unspecified atom stereocenters. The summed E-state index contributed by atoms with van der Waals surface area (Å²) in [5.41, 5.74) is 1.28. The average molecular weight is 337 g/mol. The van der Waals surface area contributed by atoms with E-state index in [-0.39, 0.29) is 5.60 Å². The Morgan fingerprint density at radius 2 is 2.00 bits per heavy atom. The highest BCUT2D eigenvalue weighted by Crippen LogP contribution is 2.37. The third-order valence-electron chi connectivity index (χ3n) is 3.22. The first-order valence-corrected chi connectivity index (χ1v) is 8.45. The normalized spacial score (nSPS) is 12.3. The molecule has 0 amide bonds. The van der Waals surface area contributed by atoms with Gasteiger partial charge in [-0.25, -0.2) is 9.97 Å². The quantitative estimate of drug-likeness (QED) is 0.401. The fourth-order valence-corrected chi connectivity index (χ4v) is 3.04. The first kappa shape index (κ1) is 15.4. The largest absolute Gasteiger partial charge is 0.471 e. The number of fused-ring (bicyclic) bond motifs is 3. The van der Waals surface area contributed by atoms with Gasteiger partial charge in [-0.15, -0.1) is 0 Å². The van der Waals surface area contributed by atoms with Crippen molar-refractivity contribution in [1.82, 2.24) is 19.5 Å². The fraction of sp³-hybridized carbons (Fsp3) is 0.400. The third kappa shape index (κ3) is 2.50. The van der Waals surface area contributed by atoms with Crippen LogP contribution in [0, 0.1) is 0 Å². The Balaban J connectivity index is 2.45.